The molecule has 0 fully saturated rings. The van der Waals surface area contributed by atoms with Crippen LogP contribution in [0, 0.1) is 0 Å². The quantitative estimate of drug-likeness (QED) is 0.647. The lowest BCUT2D eigenvalue weighted by atomic mass is 10.3. The minimum atomic E-state index is -2.33. The number of benzene rings is 1. The monoisotopic (exact) mass is 291 g/mol. The van der Waals surface area contributed by atoms with E-state index in [1.54, 1.807) is 24.3 Å². The van der Waals surface area contributed by atoms with Crippen LogP contribution in [0.1, 0.15) is 0 Å². The van der Waals surface area contributed by atoms with Crippen LogP contribution in [0.25, 0.3) is 0 Å². The van der Waals surface area contributed by atoms with E-state index in [4.69, 9.17) is 0 Å². The lowest BCUT2D eigenvalue weighted by molar-refractivity contribution is -0.113. The van der Waals surface area contributed by atoms with Gasteiger partial charge in [-0.25, -0.2) is 0 Å². The van der Waals surface area contributed by atoms with Gasteiger partial charge in [0.1, 0.15) is 0 Å². The van der Waals surface area contributed by atoms with Gasteiger partial charge in [0.15, 0.2) is 0 Å². The second kappa shape index (κ2) is 5.84. The van der Waals surface area contributed by atoms with E-state index in [0.717, 1.165) is 0 Å². The van der Waals surface area contributed by atoms with Crippen LogP contribution in [0.2, 0.25) is 0 Å². The fourth-order valence-corrected chi connectivity index (χ4v) is 1.38. The van der Waals surface area contributed by atoms with E-state index in [9.17, 15) is 13.6 Å². The molecule has 0 bridgehead atoms. The van der Waals surface area contributed by atoms with E-state index in [-0.39, 0.29) is 11.2 Å². The van der Waals surface area contributed by atoms with E-state index in [1.165, 1.54) is 0 Å². The van der Waals surface area contributed by atoms with Crippen molar-refractivity contribution >= 4 is 44.5 Å². The van der Waals surface area contributed by atoms with Crippen molar-refractivity contribution in [3.05, 3.63) is 24.3 Å². The first-order valence-electron chi connectivity index (χ1n) is 3.93. The summed E-state index contributed by atoms with van der Waals surface area (Å²) < 4.78 is 22.8. The van der Waals surface area contributed by atoms with Gasteiger partial charge < -0.3 is 14.6 Å². The number of carbonyl (C=O) groups excluding carboxylic acids is 1. The van der Waals surface area contributed by atoms with E-state index >= 15 is 0 Å². The normalized spacial score (nSPS) is 11.9. The van der Waals surface area contributed by atoms with Gasteiger partial charge in [-0.05, 0) is 24.3 Å². The molecule has 7 heteroatoms. The summed E-state index contributed by atoms with van der Waals surface area (Å²) in [6.45, 7) is 0. The highest BCUT2D eigenvalue weighted by Gasteiger charge is 1.99. The number of halogens is 1. The van der Waals surface area contributed by atoms with Gasteiger partial charge in [0.2, 0.25) is 5.91 Å². The fourth-order valence-electron chi connectivity index (χ4n) is 0.912. The van der Waals surface area contributed by atoms with E-state index in [0.29, 0.717) is 11.4 Å². The summed E-state index contributed by atoms with van der Waals surface area (Å²) in [4.78, 5) is 11.0. The summed E-state index contributed by atoms with van der Waals surface area (Å²) in [6, 6.07) is 6.32. The van der Waals surface area contributed by atoms with Gasteiger partial charge in [0.05, 0.1) is 5.33 Å². The lowest BCUT2D eigenvalue weighted by Crippen LogP contribution is -2.12. The van der Waals surface area contributed by atoms with Crippen molar-refractivity contribution in [1.82, 2.24) is 0 Å². The average molecular weight is 292 g/mol. The van der Waals surface area contributed by atoms with Crippen molar-refractivity contribution in [3.8, 4) is 0 Å². The van der Waals surface area contributed by atoms with Gasteiger partial charge >= 0.3 is 0 Å². The summed E-state index contributed by atoms with van der Waals surface area (Å²) in [7, 11) is 0. The Morgan fingerprint density at radius 1 is 1.33 bits per heavy atom. The van der Waals surface area contributed by atoms with Crippen LogP contribution in [0.3, 0.4) is 0 Å². The Balaban J connectivity index is 2.64. The molecule has 0 saturated carbocycles. The Hall–Kier alpha value is -0.920. The molecule has 0 radical (unpaired) electrons. The predicted octanol–water partition coefficient (Wildman–Crippen LogP) is 1.23. The minimum absolute atomic E-state index is 0.164. The number of nitrogens with one attached hydrogen (secondary N) is 2. The average Bonchev–Trinajstić information content (AvgIpc) is 2.20. The SMILES string of the molecule is O=C(CBr)Nc1ccc(NS(=O)[O-])cc1. The third-order valence-electron chi connectivity index (χ3n) is 1.49. The summed E-state index contributed by atoms with van der Waals surface area (Å²) >= 11 is 0.683. The molecule has 0 saturated heterocycles. The number of alkyl halides is 1. The molecule has 1 rings (SSSR count). The van der Waals surface area contributed by atoms with Crippen LogP contribution in [0.5, 0.6) is 0 Å². The highest BCUT2D eigenvalue weighted by Crippen LogP contribution is 2.13. The molecule has 0 aliphatic carbocycles. The second-order valence-corrected chi connectivity index (χ2v) is 3.83. The minimum Gasteiger partial charge on any atom is -0.755 e. The van der Waals surface area contributed by atoms with Crippen molar-refractivity contribution in [2.24, 2.45) is 0 Å². The van der Waals surface area contributed by atoms with Crippen molar-refractivity contribution in [2.75, 3.05) is 15.4 Å². The molecule has 15 heavy (non-hydrogen) atoms. The molecule has 0 aliphatic rings. The van der Waals surface area contributed by atoms with Gasteiger partial charge in [-0.3, -0.25) is 9.00 Å². The Morgan fingerprint density at radius 3 is 2.33 bits per heavy atom. The van der Waals surface area contributed by atoms with Crippen molar-refractivity contribution in [1.29, 1.82) is 0 Å². The van der Waals surface area contributed by atoms with Crippen LogP contribution in [-0.4, -0.2) is 20.0 Å². The molecule has 0 aliphatic heterocycles. The summed E-state index contributed by atoms with van der Waals surface area (Å²) in [5.41, 5.74) is 1.06. The Bertz CT molecular complexity index is 369. The van der Waals surface area contributed by atoms with Crippen molar-refractivity contribution in [3.63, 3.8) is 0 Å². The Kier molecular flexibility index (Phi) is 4.73. The van der Waals surface area contributed by atoms with E-state index in [1.807, 2.05) is 0 Å². The maximum Gasteiger partial charge on any atom is 0.235 e. The zero-order valence-corrected chi connectivity index (χ0v) is 9.93. The molecule has 1 atom stereocenters. The molecule has 2 N–H and O–H groups in total. The maximum absolute atomic E-state index is 11.0. The molecule has 1 amide bonds. The zero-order chi connectivity index (χ0) is 11.3. The van der Waals surface area contributed by atoms with Crippen molar-refractivity contribution < 1.29 is 13.6 Å². The van der Waals surface area contributed by atoms with Gasteiger partial charge in [-0.15, -0.1) is 0 Å². The standard InChI is InChI=1S/C8H9BrN2O3S/c9-5-8(12)10-6-1-3-7(4-2-6)11-15(13)14/h1-4,11H,5H2,(H,10,12)(H,13,14)/p-1. The third kappa shape index (κ3) is 4.41. The zero-order valence-electron chi connectivity index (χ0n) is 7.53. The maximum atomic E-state index is 11.0. The summed E-state index contributed by atoms with van der Waals surface area (Å²) in [5.74, 6) is -0.164. The number of carbonyl (C=O) groups is 1. The molecular weight excluding hydrogens is 284 g/mol. The molecule has 1 unspecified atom stereocenters. The Labute approximate surface area is 97.8 Å². The van der Waals surface area contributed by atoms with Gasteiger partial charge in [-0.1, -0.05) is 15.9 Å². The first-order valence-corrected chi connectivity index (χ1v) is 6.13. The number of anilines is 2. The summed E-state index contributed by atoms with van der Waals surface area (Å²) in [6.07, 6.45) is 0. The smallest absolute Gasteiger partial charge is 0.235 e. The molecule has 0 spiro atoms. The highest BCUT2D eigenvalue weighted by atomic mass is 79.9. The molecule has 0 heterocycles. The second-order valence-electron chi connectivity index (χ2n) is 2.60. The molecule has 5 nitrogen and oxygen atoms in total. The van der Waals surface area contributed by atoms with Gasteiger partial charge in [-0.2, -0.15) is 0 Å². The molecule has 1 aromatic carbocycles. The summed E-state index contributed by atoms with van der Waals surface area (Å²) in [5, 5.41) is 2.82. The first kappa shape index (κ1) is 12.2. The fraction of sp³-hybridized carbons (Fsp3) is 0.125. The number of hydrogen-bond acceptors (Lipinski definition) is 3. The molecule has 82 valence electrons. The molecular formula is C8H8BrN2O3S-. The largest absolute Gasteiger partial charge is 0.755 e. The predicted molar refractivity (Wildman–Crippen MR) is 61.4 cm³/mol. The third-order valence-corrected chi connectivity index (χ3v) is 2.40. The van der Waals surface area contributed by atoms with Crippen LogP contribution in [-0.2, 0) is 16.1 Å². The van der Waals surface area contributed by atoms with E-state index in [2.05, 4.69) is 26.0 Å². The Morgan fingerprint density at radius 2 is 1.87 bits per heavy atom. The molecule has 1 aromatic rings. The highest BCUT2D eigenvalue weighted by molar-refractivity contribution is 9.09. The van der Waals surface area contributed by atoms with Gasteiger partial charge in [0.25, 0.3) is 0 Å². The number of hydrogen-bond donors (Lipinski definition) is 2. The molecule has 0 aromatic heterocycles. The lowest BCUT2D eigenvalue weighted by Gasteiger charge is -2.09. The topological polar surface area (TPSA) is 81.3 Å². The van der Waals surface area contributed by atoms with Crippen LogP contribution >= 0.6 is 15.9 Å². The van der Waals surface area contributed by atoms with Gasteiger partial charge in [0, 0.05) is 22.6 Å². The number of rotatable bonds is 4. The van der Waals surface area contributed by atoms with Crippen LogP contribution in [0.4, 0.5) is 11.4 Å². The van der Waals surface area contributed by atoms with Crippen LogP contribution < -0.4 is 10.0 Å². The van der Waals surface area contributed by atoms with E-state index < -0.39 is 11.3 Å². The number of amides is 1. The first-order chi connectivity index (χ1) is 7.11. The van der Waals surface area contributed by atoms with Crippen LogP contribution in [0.15, 0.2) is 24.3 Å². The van der Waals surface area contributed by atoms with Crippen molar-refractivity contribution in [2.45, 2.75) is 0 Å².